The number of aryl methyl sites for hydroxylation is 1. The Morgan fingerprint density at radius 2 is 1.88 bits per heavy atom. The minimum atomic E-state index is 0.422. The van der Waals surface area contributed by atoms with Crippen molar-refractivity contribution in [1.82, 2.24) is 9.88 Å². The second-order valence-corrected chi connectivity index (χ2v) is 8.65. The van der Waals surface area contributed by atoms with Crippen LogP contribution in [0.5, 0.6) is 0 Å². The molecule has 0 unspecified atom stereocenters. The van der Waals surface area contributed by atoms with E-state index in [0.29, 0.717) is 5.92 Å². The number of benzene rings is 1. The third-order valence-electron chi connectivity index (χ3n) is 6.77. The summed E-state index contributed by atoms with van der Waals surface area (Å²) in [6, 6.07) is 12.6. The van der Waals surface area contributed by atoms with Crippen molar-refractivity contribution >= 4 is 5.71 Å². The van der Waals surface area contributed by atoms with Gasteiger partial charge in [-0.15, -0.1) is 0 Å². The van der Waals surface area contributed by atoms with Gasteiger partial charge in [0.15, 0.2) is 0 Å². The zero-order valence-electron chi connectivity index (χ0n) is 18.5. The summed E-state index contributed by atoms with van der Waals surface area (Å²) >= 11 is 0. The number of piperidine rings is 1. The number of rotatable bonds is 6. The molecule has 1 aliphatic carbocycles. The maximum absolute atomic E-state index is 9.26. The molecule has 0 amide bonds. The number of aromatic nitrogens is 1. The van der Waals surface area contributed by atoms with E-state index in [-0.39, 0.29) is 0 Å². The Morgan fingerprint density at radius 3 is 2.62 bits per heavy atom. The predicted octanol–water partition coefficient (Wildman–Crippen LogP) is 4.96. The molecule has 6 heteroatoms. The first-order valence-corrected chi connectivity index (χ1v) is 11.4. The van der Waals surface area contributed by atoms with Crippen LogP contribution < -0.4 is 0 Å². The number of furan rings is 1. The van der Waals surface area contributed by atoms with Gasteiger partial charge in [0.25, 0.3) is 0 Å². The van der Waals surface area contributed by atoms with E-state index < -0.39 is 0 Å². The minimum absolute atomic E-state index is 0.422. The summed E-state index contributed by atoms with van der Waals surface area (Å²) in [5.74, 6) is 2.40. The summed E-state index contributed by atoms with van der Waals surface area (Å²) in [5, 5.41) is 12.7. The largest absolute Gasteiger partial charge is 0.460 e. The minimum Gasteiger partial charge on any atom is -0.460 e. The number of hydrogen-bond acceptors (Lipinski definition) is 6. The molecule has 6 nitrogen and oxygen atoms in total. The molecule has 0 bridgehead atoms. The first-order chi connectivity index (χ1) is 15.8. The van der Waals surface area contributed by atoms with Crippen LogP contribution in [0, 0.1) is 0 Å². The number of likely N-dealkylation sites (tertiary alicyclic amines) is 1. The molecule has 1 saturated heterocycles. The number of nitrogens with zero attached hydrogens (tertiary/aromatic N) is 3. The summed E-state index contributed by atoms with van der Waals surface area (Å²) in [6.45, 7) is 3.90. The van der Waals surface area contributed by atoms with Crippen molar-refractivity contribution in [3.8, 4) is 22.5 Å². The normalized spacial score (nSPS) is 18.3. The molecule has 2 aromatic heterocycles. The molecule has 3 heterocycles. The van der Waals surface area contributed by atoms with E-state index >= 15 is 0 Å². The summed E-state index contributed by atoms with van der Waals surface area (Å²) < 4.78 is 11.8. The standard InChI is InChI=1S/C26H29N3O3/c1-31-15-14-29-12-8-19(9-13-29)25-17-23(18-6-10-27-11-7-18)26(32-25)21-2-4-22-20(16-21)3-5-24(22)28-30/h2,4,6-7,10-11,16-17,19,30H,3,5,8-9,12-15H2,1H3. The molecular weight excluding hydrogens is 402 g/mol. The lowest BCUT2D eigenvalue weighted by molar-refractivity contribution is 0.128. The van der Waals surface area contributed by atoms with Crippen LogP contribution in [0.25, 0.3) is 22.5 Å². The van der Waals surface area contributed by atoms with Crippen molar-refractivity contribution < 1.29 is 14.4 Å². The van der Waals surface area contributed by atoms with E-state index in [9.17, 15) is 5.21 Å². The van der Waals surface area contributed by atoms with Gasteiger partial charge in [-0.25, -0.2) is 0 Å². The van der Waals surface area contributed by atoms with Crippen LogP contribution in [-0.4, -0.2) is 54.2 Å². The number of ether oxygens (including phenoxy) is 1. The number of methoxy groups -OCH3 is 1. The first kappa shape index (κ1) is 20.9. The van der Waals surface area contributed by atoms with E-state index in [1.165, 1.54) is 5.56 Å². The van der Waals surface area contributed by atoms with Gasteiger partial charge in [-0.3, -0.25) is 4.98 Å². The van der Waals surface area contributed by atoms with Gasteiger partial charge >= 0.3 is 0 Å². The monoisotopic (exact) mass is 431 g/mol. The van der Waals surface area contributed by atoms with Crippen molar-refractivity contribution in [2.75, 3.05) is 33.4 Å². The van der Waals surface area contributed by atoms with Crippen LogP contribution in [0.2, 0.25) is 0 Å². The van der Waals surface area contributed by atoms with Gasteiger partial charge in [0.2, 0.25) is 0 Å². The molecule has 1 aliphatic heterocycles. The van der Waals surface area contributed by atoms with Gasteiger partial charge in [0, 0.05) is 48.7 Å². The number of fused-ring (bicyclic) bond motifs is 1. The fraction of sp³-hybridized carbons (Fsp3) is 0.385. The zero-order valence-corrected chi connectivity index (χ0v) is 18.5. The quantitative estimate of drug-likeness (QED) is 0.441. The molecule has 0 saturated carbocycles. The van der Waals surface area contributed by atoms with E-state index in [1.54, 1.807) is 7.11 Å². The van der Waals surface area contributed by atoms with Crippen molar-refractivity contribution in [2.45, 2.75) is 31.6 Å². The molecule has 166 valence electrons. The Labute approximate surface area is 188 Å². The number of oxime groups is 1. The molecule has 1 fully saturated rings. The van der Waals surface area contributed by atoms with Gasteiger partial charge in [-0.05, 0) is 74.2 Å². The molecule has 0 spiro atoms. The van der Waals surface area contributed by atoms with Gasteiger partial charge in [-0.1, -0.05) is 17.3 Å². The van der Waals surface area contributed by atoms with Crippen LogP contribution in [-0.2, 0) is 11.2 Å². The Kier molecular flexibility index (Phi) is 6.06. The van der Waals surface area contributed by atoms with Crippen LogP contribution >= 0.6 is 0 Å². The molecule has 1 aromatic carbocycles. The Hall–Kier alpha value is -2.96. The summed E-state index contributed by atoms with van der Waals surface area (Å²) in [6.07, 6.45) is 7.50. The lowest BCUT2D eigenvalue weighted by atomic mass is 9.93. The topological polar surface area (TPSA) is 71.1 Å². The number of pyridine rings is 1. The molecule has 5 rings (SSSR count). The third-order valence-corrected chi connectivity index (χ3v) is 6.77. The van der Waals surface area contributed by atoms with E-state index in [2.05, 4.69) is 39.3 Å². The molecule has 3 aromatic rings. The Balaban J connectivity index is 1.47. The summed E-state index contributed by atoms with van der Waals surface area (Å²) in [5.41, 5.74) is 6.30. The van der Waals surface area contributed by atoms with Crippen molar-refractivity contribution in [3.63, 3.8) is 0 Å². The van der Waals surface area contributed by atoms with Crippen LogP contribution in [0.1, 0.15) is 42.1 Å². The highest BCUT2D eigenvalue weighted by atomic mass is 16.5. The Morgan fingerprint density at radius 1 is 1.06 bits per heavy atom. The average Bonchev–Trinajstić information content (AvgIpc) is 3.48. The highest BCUT2D eigenvalue weighted by molar-refractivity contribution is 6.04. The van der Waals surface area contributed by atoms with Crippen LogP contribution in [0.3, 0.4) is 0 Å². The van der Waals surface area contributed by atoms with E-state index in [1.807, 2.05) is 24.5 Å². The second kappa shape index (κ2) is 9.27. The Bertz CT molecular complexity index is 1100. The molecular formula is C26H29N3O3. The third kappa shape index (κ3) is 4.08. The van der Waals surface area contributed by atoms with Gasteiger partial charge in [0.05, 0.1) is 12.3 Å². The van der Waals surface area contributed by atoms with E-state index in [4.69, 9.17) is 9.15 Å². The molecule has 32 heavy (non-hydrogen) atoms. The molecule has 0 radical (unpaired) electrons. The van der Waals surface area contributed by atoms with Gasteiger partial charge in [-0.2, -0.15) is 0 Å². The summed E-state index contributed by atoms with van der Waals surface area (Å²) in [7, 11) is 1.76. The maximum Gasteiger partial charge on any atom is 0.142 e. The van der Waals surface area contributed by atoms with E-state index in [0.717, 1.165) is 91.4 Å². The first-order valence-electron chi connectivity index (χ1n) is 11.4. The fourth-order valence-electron chi connectivity index (χ4n) is 4.95. The second-order valence-electron chi connectivity index (χ2n) is 8.65. The summed E-state index contributed by atoms with van der Waals surface area (Å²) in [4.78, 5) is 6.65. The van der Waals surface area contributed by atoms with Crippen LogP contribution in [0.4, 0.5) is 0 Å². The predicted molar refractivity (Wildman–Crippen MR) is 124 cm³/mol. The van der Waals surface area contributed by atoms with Crippen molar-refractivity contribution in [3.05, 3.63) is 65.7 Å². The smallest absolute Gasteiger partial charge is 0.142 e. The SMILES string of the molecule is COCCN1CCC(c2cc(-c3ccncc3)c(-c3ccc4c(c3)CCC4=NO)o2)CC1. The van der Waals surface area contributed by atoms with Gasteiger partial charge in [0.1, 0.15) is 11.5 Å². The lowest BCUT2D eigenvalue weighted by Crippen LogP contribution is -2.35. The highest BCUT2D eigenvalue weighted by Gasteiger charge is 2.26. The molecule has 1 N–H and O–H groups in total. The highest BCUT2D eigenvalue weighted by Crippen LogP contribution is 2.41. The zero-order chi connectivity index (χ0) is 21.9. The van der Waals surface area contributed by atoms with Crippen molar-refractivity contribution in [1.29, 1.82) is 0 Å². The van der Waals surface area contributed by atoms with Crippen LogP contribution in [0.15, 0.2) is 58.4 Å². The molecule has 0 atom stereocenters. The average molecular weight is 432 g/mol. The molecule has 2 aliphatic rings. The lowest BCUT2D eigenvalue weighted by Gasteiger charge is -2.30. The van der Waals surface area contributed by atoms with Gasteiger partial charge < -0.3 is 19.3 Å². The maximum atomic E-state index is 9.26. The van der Waals surface area contributed by atoms with Crippen molar-refractivity contribution in [2.24, 2.45) is 5.16 Å². The fourth-order valence-corrected chi connectivity index (χ4v) is 4.95. The number of hydrogen-bond donors (Lipinski definition) is 1.